The van der Waals surface area contributed by atoms with Crippen LogP contribution in [0.25, 0.3) is 0 Å². The van der Waals surface area contributed by atoms with Gasteiger partial charge in [0, 0.05) is 18.4 Å². The highest BCUT2D eigenvalue weighted by molar-refractivity contribution is 5.93. The highest BCUT2D eigenvalue weighted by atomic mass is 16.5. The Morgan fingerprint density at radius 2 is 2.17 bits per heavy atom. The summed E-state index contributed by atoms with van der Waals surface area (Å²) in [6, 6.07) is 3.46. The number of nitrogens with one attached hydrogen (secondary N) is 1. The maximum atomic E-state index is 11.6. The van der Waals surface area contributed by atoms with E-state index in [1.807, 2.05) is 6.92 Å². The van der Waals surface area contributed by atoms with Crippen molar-refractivity contribution in [3.63, 3.8) is 0 Å². The standard InChI is InChI=1S/C12H16N2O4/c1-9-2-3-10(8-14-9)12(17)13-5-7-18-6-4-11(15)16/h2-3,8H,4-7H2,1H3,(H,13,17)(H,15,16). The Kier molecular flexibility index (Phi) is 5.79. The van der Waals surface area contributed by atoms with Gasteiger partial charge < -0.3 is 15.2 Å². The van der Waals surface area contributed by atoms with E-state index in [9.17, 15) is 9.59 Å². The van der Waals surface area contributed by atoms with Gasteiger partial charge in [-0.05, 0) is 19.1 Å². The number of nitrogens with zero attached hydrogens (tertiary/aromatic N) is 1. The highest BCUT2D eigenvalue weighted by Gasteiger charge is 2.04. The van der Waals surface area contributed by atoms with Crippen molar-refractivity contribution < 1.29 is 19.4 Å². The monoisotopic (exact) mass is 252 g/mol. The van der Waals surface area contributed by atoms with Gasteiger partial charge in [0.15, 0.2) is 0 Å². The van der Waals surface area contributed by atoms with Crippen molar-refractivity contribution in [2.45, 2.75) is 13.3 Å². The quantitative estimate of drug-likeness (QED) is 0.694. The number of aryl methyl sites for hydroxylation is 1. The fourth-order valence-corrected chi connectivity index (χ4v) is 1.20. The number of amides is 1. The minimum atomic E-state index is -0.898. The minimum Gasteiger partial charge on any atom is -0.481 e. The van der Waals surface area contributed by atoms with Gasteiger partial charge in [-0.1, -0.05) is 0 Å². The molecule has 0 aliphatic carbocycles. The zero-order valence-corrected chi connectivity index (χ0v) is 10.2. The summed E-state index contributed by atoms with van der Waals surface area (Å²) in [5, 5.41) is 11.0. The van der Waals surface area contributed by atoms with Gasteiger partial charge in [-0.3, -0.25) is 14.6 Å². The Hall–Kier alpha value is -1.95. The third-order valence-electron chi connectivity index (χ3n) is 2.17. The maximum Gasteiger partial charge on any atom is 0.305 e. The summed E-state index contributed by atoms with van der Waals surface area (Å²) < 4.78 is 5.04. The highest BCUT2D eigenvalue weighted by Crippen LogP contribution is 1.98. The molecule has 6 heteroatoms. The number of rotatable bonds is 7. The molecule has 0 aliphatic rings. The minimum absolute atomic E-state index is 0.0319. The molecule has 0 aliphatic heterocycles. The molecule has 0 saturated heterocycles. The zero-order chi connectivity index (χ0) is 13.4. The first kappa shape index (κ1) is 14.1. The van der Waals surface area contributed by atoms with Crippen molar-refractivity contribution >= 4 is 11.9 Å². The molecular weight excluding hydrogens is 236 g/mol. The number of carbonyl (C=O) groups excluding carboxylic acids is 1. The van der Waals surface area contributed by atoms with Gasteiger partial charge in [0.05, 0.1) is 25.2 Å². The Morgan fingerprint density at radius 1 is 1.39 bits per heavy atom. The molecule has 1 heterocycles. The van der Waals surface area contributed by atoms with Gasteiger partial charge in [0.25, 0.3) is 5.91 Å². The number of carboxylic acids is 1. The van der Waals surface area contributed by atoms with Crippen LogP contribution in [0.1, 0.15) is 22.5 Å². The van der Waals surface area contributed by atoms with Crippen LogP contribution < -0.4 is 5.32 Å². The van der Waals surface area contributed by atoms with E-state index in [1.165, 1.54) is 6.20 Å². The summed E-state index contributed by atoms with van der Waals surface area (Å²) in [7, 11) is 0. The van der Waals surface area contributed by atoms with Crippen LogP contribution in [0.15, 0.2) is 18.3 Å². The number of hydrogen-bond donors (Lipinski definition) is 2. The molecule has 0 aromatic carbocycles. The van der Waals surface area contributed by atoms with E-state index >= 15 is 0 Å². The number of aliphatic carboxylic acids is 1. The largest absolute Gasteiger partial charge is 0.481 e. The van der Waals surface area contributed by atoms with Crippen molar-refractivity contribution in [2.24, 2.45) is 0 Å². The van der Waals surface area contributed by atoms with Gasteiger partial charge in [0.1, 0.15) is 0 Å². The lowest BCUT2D eigenvalue weighted by molar-refractivity contribution is -0.138. The van der Waals surface area contributed by atoms with Crippen molar-refractivity contribution in [3.05, 3.63) is 29.6 Å². The zero-order valence-electron chi connectivity index (χ0n) is 10.2. The fraction of sp³-hybridized carbons (Fsp3) is 0.417. The van der Waals surface area contributed by atoms with E-state index in [1.54, 1.807) is 12.1 Å². The number of carboxylic acid groups (broad SMARTS) is 1. The molecule has 0 radical (unpaired) electrons. The van der Waals surface area contributed by atoms with Crippen molar-refractivity contribution in [1.29, 1.82) is 0 Å². The molecule has 1 aromatic rings. The van der Waals surface area contributed by atoms with Crippen LogP contribution in [-0.4, -0.2) is 41.7 Å². The van der Waals surface area contributed by atoms with E-state index in [-0.39, 0.29) is 25.5 Å². The number of hydrogen-bond acceptors (Lipinski definition) is 4. The maximum absolute atomic E-state index is 11.6. The summed E-state index contributed by atoms with van der Waals surface area (Å²) in [6.45, 7) is 2.62. The lowest BCUT2D eigenvalue weighted by atomic mass is 10.2. The molecular formula is C12H16N2O4. The number of ether oxygens (including phenoxy) is 1. The summed E-state index contributed by atoms with van der Waals surface area (Å²) >= 11 is 0. The van der Waals surface area contributed by atoms with Crippen LogP contribution in [0.2, 0.25) is 0 Å². The first-order valence-corrected chi connectivity index (χ1v) is 5.60. The number of pyridine rings is 1. The van der Waals surface area contributed by atoms with E-state index in [2.05, 4.69) is 10.3 Å². The van der Waals surface area contributed by atoms with Crippen LogP contribution in [0.5, 0.6) is 0 Å². The number of carbonyl (C=O) groups is 2. The molecule has 0 atom stereocenters. The molecule has 0 fully saturated rings. The van der Waals surface area contributed by atoms with Crippen LogP contribution in [0.4, 0.5) is 0 Å². The Balaban J connectivity index is 2.17. The van der Waals surface area contributed by atoms with Crippen molar-refractivity contribution in [1.82, 2.24) is 10.3 Å². The average Bonchev–Trinajstić information content (AvgIpc) is 2.34. The van der Waals surface area contributed by atoms with E-state index in [4.69, 9.17) is 9.84 Å². The predicted octanol–water partition coefficient (Wildman–Crippen LogP) is 0.611. The fourth-order valence-electron chi connectivity index (χ4n) is 1.20. The second-order valence-electron chi connectivity index (χ2n) is 3.70. The molecule has 98 valence electrons. The molecule has 6 nitrogen and oxygen atoms in total. The summed E-state index contributed by atoms with van der Waals surface area (Å²) in [6.07, 6.45) is 1.48. The molecule has 0 bridgehead atoms. The van der Waals surface area contributed by atoms with E-state index < -0.39 is 5.97 Å². The normalized spacial score (nSPS) is 10.1. The summed E-state index contributed by atoms with van der Waals surface area (Å²) in [5.74, 6) is -1.12. The Bertz CT molecular complexity index is 403. The van der Waals surface area contributed by atoms with Gasteiger partial charge >= 0.3 is 5.97 Å². The average molecular weight is 252 g/mol. The van der Waals surface area contributed by atoms with Crippen LogP contribution >= 0.6 is 0 Å². The van der Waals surface area contributed by atoms with Gasteiger partial charge in [0.2, 0.25) is 0 Å². The predicted molar refractivity (Wildman–Crippen MR) is 64.4 cm³/mol. The molecule has 0 unspecified atom stereocenters. The Labute approximate surface area is 105 Å². The topological polar surface area (TPSA) is 88.5 Å². The van der Waals surface area contributed by atoms with Gasteiger partial charge in [-0.15, -0.1) is 0 Å². The Morgan fingerprint density at radius 3 is 2.78 bits per heavy atom. The van der Waals surface area contributed by atoms with Crippen molar-refractivity contribution in [2.75, 3.05) is 19.8 Å². The SMILES string of the molecule is Cc1ccc(C(=O)NCCOCCC(=O)O)cn1. The summed E-state index contributed by atoms with van der Waals surface area (Å²) in [4.78, 5) is 25.8. The van der Waals surface area contributed by atoms with Gasteiger partial charge in [-0.2, -0.15) is 0 Å². The van der Waals surface area contributed by atoms with Crippen molar-refractivity contribution in [3.8, 4) is 0 Å². The third kappa shape index (κ3) is 5.40. The van der Waals surface area contributed by atoms with Gasteiger partial charge in [-0.25, -0.2) is 0 Å². The second kappa shape index (κ2) is 7.39. The van der Waals surface area contributed by atoms with Crippen LogP contribution in [0.3, 0.4) is 0 Å². The molecule has 1 rings (SSSR count). The first-order valence-electron chi connectivity index (χ1n) is 5.60. The lowest BCUT2D eigenvalue weighted by Gasteiger charge is -2.05. The second-order valence-corrected chi connectivity index (χ2v) is 3.70. The molecule has 0 spiro atoms. The molecule has 1 amide bonds. The molecule has 2 N–H and O–H groups in total. The smallest absolute Gasteiger partial charge is 0.305 e. The molecule has 1 aromatic heterocycles. The van der Waals surface area contributed by atoms with E-state index in [0.717, 1.165) is 5.69 Å². The summed E-state index contributed by atoms with van der Waals surface area (Å²) in [5.41, 5.74) is 1.34. The van der Waals surface area contributed by atoms with Crippen LogP contribution in [0, 0.1) is 6.92 Å². The molecule has 18 heavy (non-hydrogen) atoms. The molecule has 0 saturated carbocycles. The number of aromatic nitrogens is 1. The first-order chi connectivity index (χ1) is 8.59. The lowest BCUT2D eigenvalue weighted by Crippen LogP contribution is -2.27. The van der Waals surface area contributed by atoms with Crippen LogP contribution in [-0.2, 0) is 9.53 Å². The third-order valence-corrected chi connectivity index (χ3v) is 2.17. The van der Waals surface area contributed by atoms with E-state index in [0.29, 0.717) is 12.1 Å².